The molecule has 0 amide bonds. The maximum Gasteiger partial charge on any atom is 0.331 e. The van der Waals surface area contributed by atoms with Crippen LogP contribution in [-0.2, 0) is 15.1 Å². The summed E-state index contributed by atoms with van der Waals surface area (Å²) in [5, 5.41) is 7.73. The number of hydrogen-bond donors (Lipinski definition) is 0. The number of nitrogens with zero attached hydrogens (tertiary/aromatic N) is 5. The molecule has 25 heavy (non-hydrogen) atoms. The Balaban J connectivity index is 2.14. The molecule has 0 atom stereocenters. The van der Waals surface area contributed by atoms with Crippen LogP contribution >= 0.6 is 0 Å². The van der Waals surface area contributed by atoms with E-state index in [0.29, 0.717) is 5.69 Å². The smallest absolute Gasteiger partial charge is 0.331 e. The molecule has 0 saturated carbocycles. The molecule has 0 unspecified atom stereocenters. The van der Waals surface area contributed by atoms with E-state index in [9.17, 15) is 14.0 Å². The Morgan fingerprint density at radius 1 is 1.36 bits per heavy atom. The predicted octanol–water partition coefficient (Wildman–Crippen LogP) is 1.41. The number of carbonyl (C=O) groups excluding carboxylic acids is 1. The van der Waals surface area contributed by atoms with E-state index in [1.807, 2.05) is 0 Å². The fraction of sp³-hybridized carbons (Fsp3) is 0.312. The number of rotatable bonds is 4. The molecule has 0 radical (unpaired) electrons. The van der Waals surface area contributed by atoms with Gasteiger partial charge in [-0.05, 0) is 39.0 Å². The van der Waals surface area contributed by atoms with Crippen molar-refractivity contribution in [3.63, 3.8) is 0 Å². The fourth-order valence-corrected chi connectivity index (χ4v) is 2.40. The van der Waals surface area contributed by atoms with Gasteiger partial charge >= 0.3 is 5.97 Å². The Bertz CT molecular complexity index is 1010. The maximum atomic E-state index is 13.4. The second-order valence-electron chi connectivity index (χ2n) is 5.85. The quantitative estimate of drug-likeness (QED) is 0.664. The van der Waals surface area contributed by atoms with E-state index >= 15 is 0 Å². The molecule has 1 aromatic carbocycles. The van der Waals surface area contributed by atoms with Crippen LogP contribution in [0.15, 0.2) is 35.4 Å². The van der Waals surface area contributed by atoms with E-state index in [1.165, 1.54) is 29.2 Å². The van der Waals surface area contributed by atoms with Crippen LogP contribution in [-0.4, -0.2) is 37.1 Å². The first-order chi connectivity index (χ1) is 11.9. The van der Waals surface area contributed by atoms with Crippen molar-refractivity contribution in [3.05, 3.63) is 46.8 Å². The molecule has 0 bridgehead atoms. The van der Waals surface area contributed by atoms with E-state index in [1.54, 1.807) is 26.8 Å². The van der Waals surface area contributed by atoms with Gasteiger partial charge in [0.1, 0.15) is 17.7 Å². The minimum atomic E-state index is -1.25. The first-order valence-corrected chi connectivity index (χ1v) is 7.63. The number of halogens is 1. The molecule has 3 rings (SSSR count). The molecule has 0 N–H and O–H groups in total. The molecule has 2 aromatic heterocycles. The van der Waals surface area contributed by atoms with Gasteiger partial charge in [0.2, 0.25) is 0 Å². The summed E-state index contributed by atoms with van der Waals surface area (Å²) in [5.41, 5.74) is -1.25. The first-order valence-electron chi connectivity index (χ1n) is 7.63. The lowest BCUT2D eigenvalue weighted by Gasteiger charge is -2.24. The average Bonchev–Trinajstić information content (AvgIpc) is 3.00. The van der Waals surface area contributed by atoms with E-state index in [-0.39, 0.29) is 17.8 Å². The number of aromatic nitrogens is 5. The molecule has 3 aromatic rings. The number of carbonyl (C=O) groups is 1. The van der Waals surface area contributed by atoms with Crippen LogP contribution in [0.2, 0.25) is 0 Å². The molecule has 0 saturated heterocycles. The number of esters is 1. The summed E-state index contributed by atoms with van der Waals surface area (Å²) in [6, 6.07) is 5.69. The minimum absolute atomic E-state index is 0.0239. The third kappa shape index (κ3) is 2.77. The van der Waals surface area contributed by atoms with Crippen molar-refractivity contribution in [3.8, 4) is 5.69 Å². The fourth-order valence-electron chi connectivity index (χ4n) is 2.40. The Hall–Kier alpha value is -3.10. The van der Waals surface area contributed by atoms with Crippen molar-refractivity contribution in [2.24, 2.45) is 0 Å². The van der Waals surface area contributed by atoms with E-state index in [0.717, 1.165) is 4.57 Å². The summed E-state index contributed by atoms with van der Waals surface area (Å²) in [6.45, 7) is 4.99. The molecular formula is C16H16FN5O3. The summed E-state index contributed by atoms with van der Waals surface area (Å²) >= 11 is 0. The predicted molar refractivity (Wildman–Crippen MR) is 86.8 cm³/mol. The SMILES string of the molecule is CCOC(=O)C(C)(C)n1cnc2c(nnn2-c2cccc(F)c2)c1=O. The summed E-state index contributed by atoms with van der Waals surface area (Å²) in [7, 11) is 0. The lowest BCUT2D eigenvalue weighted by atomic mass is 10.1. The molecule has 2 heterocycles. The van der Waals surface area contributed by atoms with E-state index in [4.69, 9.17) is 4.74 Å². The largest absolute Gasteiger partial charge is 0.464 e. The highest BCUT2D eigenvalue weighted by atomic mass is 19.1. The lowest BCUT2D eigenvalue weighted by Crippen LogP contribution is -2.44. The van der Waals surface area contributed by atoms with Gasteiger partial charge in [-0.2, -0.15) is 4.68 Å². The summed E-state index contributed by atoms with van der Waals surface area (Å²) in [6.07, 6.45) is 1.24. The molecule has 0 aliphatic carbocycles. The lowest BCUT2D eigenvalue weighted by molar-refractivity contribution is -0.152. The molecule has 9 heteroatoms. The summed E-state index contributed by atoms with van der Waals surface area (Å²) in [5.74, 6) is -1.01. The van der Waals surface area contributed by atoms with Gasteiger partial charge in [-0.1, -0.05) is 11.3 Å². The first kappa shape index (κ1) is 16.7. The van der Waals surface area contributed by atoms with Crippen molar-refractivity contribution in [2.45, 2.75) is 26.3 Å². The highest BCUT2D eigenvalue weighted by Crippen LogP contribution is 2.17. The van der Waals surface area contributed by atoms with Crippen LogP contribution < -0.4 is 5.56 Å². The monoisotopic (exact) mass is 345 g/mol. The van der Waals surface area contributed by atoms with Crippen molar-refractivity contribution >= 4 is 17.1 Å². The van der Waals surface area contributed by atoms with Crippen LogP contribution in [0, 0.1) is 5.82 Å². The molecule has 0 aliphatic heterocycles. The van der Waals surface area contributed by atoms with Gasteiger partial charge in [0.25, 0.3) is 5.56 Å². The molecule has 130 valence electrons. The Morgan fingerprint density at radius 3 is 2.80 bits per heavy atom. The van der Waals surface area contributed by atoms with Crippen LogP contribution in [0.1, 0.15) is 20.8 Å². The van der Waals surface area contributed by atoms with Crippen molar-refractivity contribution in [1.82, 2.24) is 24.5 Å². The minimum Gasteiger partial charge on any atom is -0.464 e. The van der Waals surface area contributed by atoms with Gasteiger partial charge in [0, 0.05) is 0 Å². The number of fused-ring (bicyclic) bond motifs is 1. The Kier molecular flexibility index (Phi) is 4.07. The molecule has 0 aliphatic rings. The molecule has 8 nitrogen and oxygen atoms in total. The third-order valence-corrected chi connectivity index (χ3v) is 3.79. The third-order valence-electron chi connectivity index (χ3n) is 3.79. The van der Waals surface area contributed by atoms with Gasteiger partial charge in [-0.3, -0.25) is 9.36 Å². The zero-order chi connectivity index (χ0) is 18.2. The molecular weight excluding hydrogens is 329 g/mol. The van der Waals surface area contributed by atoms with Crippen LogP contribution in [0.4, 0.5) is 4.39 Å². The standard InChI is InChI=1S/C16H16FN5O3/c1-4-25-15(24)16(2,3)21-9-18-13-12(14(21)23)19-20-22(13)11-7-5-6-10(17)8-11/h5-9H,4H2,1-3H3. The average molecular weight is 345 g/mol. The highest BCUT2D eigenvalue weighted by Gasteiger charge is 2.33. The van der Waals surface area contributed by atoms with Gasteiger partial charge in [-0.25, -0.2) is 14.2 Å². The highest BCUT2D eigenvalue weighted by molar-refractivity contribution is 5.78. The van der Waals surface area contributed by atoms with Crippen molar-refractivity contribution in [2.75, 3.05) is 6.61 Å². The van der Waals surface area contributed by atoms with Crippen molar-refractivity contribution in [1.29, 1.82) is 0 Å². The zero-order valence-electron chi connectivity index (χ0n) is 13.9. The van der Waals surface area contributed by atoms with Gasteiger partial charge in [-0.15, -0.1) is 5.10 Å². The second kappa shape index (κ2) is 6.08. The van der Waals surface area contributed by atoms with E-state index < -0.39 is 22.9 Å². The Labute approximate surface area is 141 Å². The maximum absolute atomic E-state index is 13.4. The molecule has 0 spiro atoms. The number of benzene rings is 1. The van der Waals surface area contributed by atoms with Gasteiger partial charge in [0.15, 0.2) is 11.2 Å². The zero-order valence-corrected chi connectivity index (χ0v) is 13.9. The topological polar surface area (TPSA) is 91.9 Å². The normalized spacial score (nSPS) is 11.7. The molecule has 0 fully saturated rings. The second-order valence-corrected chi connectivity index (χ2v) is 5.85. The Morgan fingerprint density at radius 2 is 2.12 bits per heavy atom. The summed E-state index contributed by atoms with van der Waals surface area (Å²) < 4.78 is 20.8. The van der Waals surface area contributed by atoms with Crippen LogP contribution in [0.5, 0.6) is 0 Å². The number of ether oxygens (including phenoxy) is 1. The number of hydrogen-bond acceptors (Lipinski definition) is 6. The van der Waals surface area contributed by atoms with Crippen LogP contribution in [0.25, 0.3) is 16.9 Å². The van der Waals surface area contributed by atoms with Crippen LogP contribution in [0.3, 0.4) is 0 Å². The van der Waals surface area contributed by atoms with Gasteiger partial charge < -0.3 is 4.74 Å². The van der Waals surface area contributed by atoms with Crippen molar-refractivity contribution < 1.29 is 13.9 Å². The summed E-state index contributed by atoms with van der Waals surface area (Å²) in [4.78, 5) is 29.0. The van der Waals surface area contributed by atoms with E-state index in [2.05, 4.69) is 15.3 Å². The van der Waals surface area contributed by atoms with Gasteiger partial charge in [0.05, 0.1) is 12.3 Å².